The highest BCUT2D eigenvalue weighted by atomic mass is 16.5. The Morgan fingerprint density at radius 2 is 0.831 bits per heavy atom. The van der Waals surface area contributed by atoms with Gasteiger partial charge < -0.3 is 20.3 Å². The topological polar surface area (TPSA) is 95.9 Å². The first-order chi connectivity index (χ1) is 32.0. The molecule has 0 radical (unpaired) electrons. The van der Waals surface area contributed by atoms with Crippen molar-refractivity contribution < 1.29 is 24.5 Å². The summed E-state index contributed by atoms with van der Waals surface area (Å²) in [5, 5.41) is 23.8. The fraction of sp³-hybridized carbons (Fsp3) is 0.661. The van der Waals surface area contributed by atoms with Crippen molar-refractivity contribution in [3.63, 3.8) is 0 Å². The average molecular weight is 902 g/mol. The van der Waals surface area contributed by atoms with E-state index < -0.39 is 18.2 Å². The molecule has 65 heavy (non-hydrogen) atoms. The summed E-state index contributed by atoms with van der Waals surface area (Å²) in [6.45, 7) is 6.30. The lowest BCUT2D eigenvalue weighted by Gasteiger charge is -2.24. The van der Waals surface area contributed by atoms with Crippen LogP contribution in [0.3, 0.4) is 0 Å². The van der Waals surface area contributed by atoms with Gasteiger partial charge in [0.25, 0.3) is 0 Å². The monoisotopic (exact) mass is 902 g/mol. The summed E-state index contributed by atoms with van der Waals surface area (Å²) < 4.78 is 5.91. The molecule has 0 saturated heterocycles. The maximum atomic E-state index is 13.2. The van der Waals surface area contributed by atoms with Crippen molar-refractivity contribution in [1.29, 1.82) is 0 Å². The van der Waals surface area contributed by atoms with Gasteiger partial charge in [0.05, 0.1) is 25.2 Å². The summed E-state index contributed by atoms with van der Waals surface area (Å²) in [7, 11) is 0. The predicted octanol–water partition coefficient (Wildman–Crippen LogP) is 16.3. The van der Waals surface area contributed by atoms with Crippen molar-refractivity contribution in [3.05, 3.63) is 109 Å². The Labute approximate surface area is 400 Å². The first-order valence-corrected chi connectivity index (χ1v) is 26.7. The Morgan fingerprint density at radius 1 is 0.462 bits per heavy atom. The molecule has 0 fully saturated rings. The molecule has 0 aliphatic rings. The average Bonchev–Trinajstić information content (AvgIpc) is 3.30. The number of nitrogens with one attached hydrogen (secondary N) is 1. The highest BCUT2D eigenvalue weighted by molar-refractivity contribution is 5.77. The van der Waals surface area contributed by atoms with Crippen molar-refractivity contribution in [2.24, 2.45) is 0 Å². The number of carbonyl (C=O) groups excluding carboxylic acids is 2. The Hall–Kier alpha value is -3.48. The predicted molar refractivity (Wildman–Crippen MR) is 282 cm³/mol. The van der Waals surface area contributed by atoms with Gasteiger partial charge in [-0.1, -0.05) is 252 Å². The minimum Gasteiger partial charge on any atom is -0.462 e. The summed E-state index contributed by atoms with van der Waals surface area (Å²) in [6.07, 6.45) is 69.9. The van der Waals surface area contributed by atoms with Crippen molar-refractivity contribution in [1.82, 2.24) is 5.32 Å². The molecule has 0 aliphatic carbocycles. The van der Waals surface area contributed by atoms with Crippen LogP contribution in [0, 0.1) is 0 Å². The third kappa shape index (κ3) is 46.8. The van der Waals surface area contributed by atoms with E-state index in [0.29, 0.717) is 19.3 Å². The van der Waals surface area contributed by atoms with Crippen LogP contribution in [0.2, 0.25) is 0 Å². The summed E-state index contributed by atoms with van der Waals surface area (Å²) in [5.41, 5.74) is 0. The number of carbonyl (C=O) groups is 2. The Bertz CT molecular complexity index is 1330. The normalized spacial score (nSPS) is 14.1. The van der Waals surface area contributed by atoms with E-state index in [0.717, 1.165) is 83.5 Å². The molecular weight excluding hydrogens is 803 g/mol. The molecule has 3 atom stereocenters. The molecule has 6 heteroatoms. The van der Waals surface area contributed by atoms with Crippen LogP contribution >= 0.6 is 0 Å². The number of aliphatic hydroxyl groups is 2. The third-order valence-corrected chi connectivity index (χ3v) is 11.6. The Balaban J connectivity index is 4.78. The van der Waals surface area contributed by atoms with Gasteiger partial charge in [-0.05, 0) is 70.6 Å². The van der Waals surface area contributed by atoms with Crippen LogP contribution in [0.25, 0.3) is 0 Å². The molecule has 0 aromatic carbocycles. The van der Waals surface area contributed by atoms with Gasteiger partial charge in [-0.15, -0.1) is 0 Å². The number of esters is 1. The van der Waals surface area contributed by atoms with Gasteiger partial charge in [-0.2, -0.15) is 0 Å². The van der Waals surface area contributed by atoms with Crippen molar-refractivity contribution >= 4 is 11.9 Å². The maximum absolute atomic E-state index is 13.2. The van der Waals surface area contributed by atoms with Crippen LogP contribution in [-0.4, -0.2) is 46.9 Å². The maximum Gasteiger partial charge on any atom is 0.306 e. The van der Waals surface area contributed by atoms with Crippen LogP contribution in [0.15, 0.2) is 109 Å². The molecule has 1 amide bonds. The number of hydrogen-bond acceptors (Lipinski definition) is 5. The Kier molecular flexibility index (Phi) is 48.7. The molecule has 0 aromatic heterocycles. The van der Waals surface area contributed by atoms with Crippen LogP contribution in [0.1, 0.15) is 226 Å². The van der Waals surface area contributed by atoms with E-state index in [2.05, 4.69) is 80.8 Å². The number of amides is 1. The smallest absolute Gasteiger partial charge is 0.306 e. The first-order valence-electron chi connectivity index (χ1n) is 26.7. The number of hydrogen-bond donors (Lipinski definition) is 3. The van der Waals surface area contributed by atoms with E-state index >= 15 is 0 Å². The molecule has 0 saturated carbocycles. The lowest BCUT2D eigenvalue weighted by Crippen LogP contribution is -2.46. The van der Waals surface area contributed by atoms with E-state index in [1.54, 1.807) is 0 Å². The largest absolute Gasteiger partial charge is 0.462 e. The second-order valence-electron chi connectivity index (χ2n) is 17.8. The molecule has 0 spiro atoms. The van der Waals surface area contributed by atoms with Crippen LogP contribution in [-0.2, 0) is 14.3 Å². The van der Waals surface area contributed by atoms with Crippen LogP contribution < -0.4 is 5.32 Å². The fourth-order valence-electron chi connectivity index (χ4n) is 7.52. The lowest BCUT2D eigenvalue weighted by molar-refractivity contribution is -0.151. The number of rotatable bonds is 46. The summed E-state index contributed by atoms with van der Waals surface area (Å²) >= 11 is 0. The fourth-order valence-corrected chi connectivity index (χ4v) is 7.52. The van der Waals surface area contributed by atoms with Gasteiger partial charge in [0, 0.05) is 6.42 Å². The number of allylic oxidation sites excluding steroid dienone is 18. The minimum atomic E-state index is -0.812. The van der Waals surface area contributed by atoms with E-state index in [4.69, 9.17) is 4.74 Å². The van der Waals surface area contributed by atoms with Crippen LogP contribution in [0.5, 0.6) is 0 Å². The zero-order valence-corrected chi connectivity index (χ0v) is 42.1. The van der Waals surface area contributed by atoms with Gasteiger partial charge >= 0.3 is 5.97 Å². The van der Waals surface area contributed by atoms with E-state index in [-0.39, 0.29) is 24.9 Å². The molecule has 0 heterocycles. The molecule has 6 nitrogen and oxygen atoms in total. The molecule has 370 valence electrons. The Morgan fingerprint density at radius 3 is 1.28 bits per heavy atom. The lowest BCUT2D eigenvalue weighted by atomic mass is 10.0. The second kappa shape index (κ2) is 51.5. The highest BCUT2D eigenvalue weighted by Gasteiger charge is 2.24. The summed E-state index contributed by atoms with van der Waals surface area (Å²) in [6, 6.07) is -0.730. The highest BCUT2D eigenvalue weighted by Crippen LogP contribution is 2.17. The number of unbranched alkanes of at least 4 members (excludes halogenated alkanes) is 23. The van der Waals surface area contributed by atoms with Gasteiger partial charge in [0.2, 0.25) is 5.91 Å². The molecule has 0 aromatic rings. The van der Waals surface area contributed by atoms with Gasteiger partial charge in [0.15, 0.2) is 0 Å². The van der Waals surface area contributed by atoms with Crippen molar-refractivity contribution in [3.8, 4) is 0 Å². The van der Waals surface area contributed by atoms with Gasteiger partial charge in [-0.25, -0.2) is 0 Å². The summed E-state index contributed by atoms with van der Waals surface area (Å²) in [4.78, 5) is 26.2. The molecule has 0 rings (SSSR count). The van der Waals surface area contributed by atoms with E-state index in [9.17, 15) is 19.8 Å². The van der Waals surface area contributed by atoms with Gasteiger partial charge in [0.1, 0.15) is 6.10 Å². The third-order valence-electron chi connectivity index (χ3n) is 11.6. The molecule has 3 N–H and O–H groups in total. The van der Waals surface area contributed by atoms with Crippen LogP contribution in [0.4, 0.5) is 0 Å². The number of aliphatic hydroxyl groups excluding tert-OH is 2. The SMILES string of the molecule is CC\C=C/C=C/C=C/C=C\C=C\C=C\CCCCCC(=O)OC(CCCCC/C=C/C=C/C=C/CCCCCCC)CC(=O)NC(CO)C(O)CCCCCCCCCCCCCCC. The zero-order chi connectivity index (χ0) is 47.4. The molecular formula is C59H99NO5. The zero-order valence-electron chi connectivity index (χ0n) is 42.1. The van der Waals surface area contributed by atoms with Crippen molar-refractivity contribution in [2.75, 3.05) is 6.61 Å². The standard InChI is InChI=1S/C59H99NO5/c1-4-7-10-13-16-19-22-25-27-29-31-34-37-40-43-46-49-52-59(64)65-55(50-47-44-41-38-35-33-30-28-26-23-20-17-14-11-8-5-2)53-58(63)60-56(54-61)57(62)51-48-45-42-39-36-32-24-21-18-15-12-9-6-3/h7,10,13,16,19,22-23,25-31,33-35,37,55-57,61-62H,4-6,8-9,11-12,14-15,17-18,20-21,24,32,36,38-54H2,1-3H3,(H,60,63)/b10-7-,16-13+,22-19+,26-23+,27-25-,30-28+,31-29+,35-33+,37-34+. The van der Waals surface area contributed by atoms with Crippen molar-refractivity contribution in [2.45, 2.75) is 244 Å². The summed E-state index contributed by atoms with van der Waals surface area (Å²) in [5.74, 6) is -0.566. The quantitative estimate of drug-likeness (QED) is 0.0321. The van der Waals surface area contributed by atoms with E-state index in [1.807, 2.05) is 54.7 Å². The minimum absolute atomic E-state index is 0.0299. The van der Waals surface area contributed by atoms with Gasteiger partial charge in [-0.3, -0.25) is 9.59 Å². The molecule has 0 aliphatic heterocycles. The second-order valence-corrected chi connectivity index (χ2v) is 17.8. The molecule has 3 unspecified atom stereocenters. The first kappa shape index (κ1) is 61.5. The van der Waals surface area contributed by atoms with E-state index in [1.165, 1.54) is 96.3 Å². The number of ether oxygens (including phenoxy) is 1. The molecule has 0 bridgehead atoms.